The van der Waals surface area contributed by atoms with Crippen molar-refractivity contribution in [1.29, 1.82) is 0 Å². The Kier molecular flexibility index (Phi) is 3.13. The van der Waals surface area contributed by atoms with Crippen LogP contribution in [0.2, 0.25) is 0 Å². The summed E-state index contributed by atoms with van der Waals surface area (Å²) in [6, 6.07) is 0. The molecule has 3 rings (SSSR count). The maximum Gasteiger partial charge on any atom is 0.443 e. The minimum atomic E-state index is -4.36. The summed E-state index contributed by atoms with van der Waals surface area (Å²) in [7, 11) is 0. The Bertz CT molecular complexity index is 467. The van der Waals surface area contributed by atoms with Crippen LogP contribution >= 0.6 is 11.3 Å². The van der Waals surface area contributed by atoms with Gasteiger partial charge in [-0.15, -0.1) is 11.3 Å². The van der Waals surface area contributed by atoms with Gasteiger partial charge in [-0.05, 0) is 37.5 Å². The van der Waals surface area contributed by atoms with Crippen LogP contribution in [0, 0.1) is 11.8 Å². The lowest BCUT2D eigenvalue weighted by Gasteiger charge is -2.37. The van der Waals surface area contributed by atoms with Gasteiger partial charge in [-0.25, -0.2) is 4.98 Å². The molecule has 0 radical (unpaired) electrons. The molecule has 1 aromatic heterocycles. The summed E-state index contributed by atoms with van der Waals surface area (Å²) >= 11 is 0.718. The molecule has 2 aliphatic carbocycles. The Hall–Kier alpha value is -0.620. The van der Waals surface area contributed by atoms with Gasteiger partial charge in [-0.2, -0.15) is 13.2 Å². The van der Waals surface area contributed by atoms with E-state index in [9.17, 15) is 13.2 Å². The number of aromatic nitrogens is 1. The van der Waals surface area contributed by atoms with E-state index in [1.807, 2.05) is 0 Å². The Morgan fingerprint density at radius 2 is 2.00 bits per heavy atom. The van der Waals surface area contributed by atoms with E-state index in [0.717, 1.165) is 36.5 Å². The van der Waals surface area contributed by atoms with Crippen LogP contribution < -0.4 is 5.73 Å². The first-order valence-corrected chi connectivity index (χ1v) is 7.52. The van der Waals surface area contributed by atoms with Crippen molar-refractivity contribution in [3.05, 3.63) is 16.1 Å². The number of hydrogen-bond acceptors (Lipinski definition) is 3. The number of alkyl halides is 3. The van der Waals surface area contributed by atoms with E-state index in [2.05, 4.69) is 4.98 Å². The third kappa shape index (κ3) is 2.65. The highest BCUT2D eigenvalue weighted by atomic mass is 32.1. The minimum absolute atomic E-state index is 0.591. The smallest absolute Gasteiger partial charge is 0.321 e. The average molecular weight is 290 g/mol. The van der Waals surface area contributed by atoms with Gasteiger partial charge in [-0.3, -0.25) is 0 Å². The molecular weight excluding hydrogens is 273 g/mol. The second kappa shape index (κ2) is 4.45. The Morgan fingerprint density at radius 1 is 1.26 bits per heavy atom. The molecule has 0 aromatic carbocycles. The molecule has 2 fully saturated rings. The van der Waals surface area contributed by atoms with Crippen LogP contribution in [0.25, 0.3) is 0 Å². The fourth-order valence-corrected chi connectivity index (χ4v) is 4.10. The zero-order valence-corrected chi connectivity index (χ0v) is 11.4. The lowest BCUT2D eigenvalue weighted by molar-refractivity contribution is -0.137. The maximum atomic E-state index is 12.6. The molecule has 1 heterocycles. The molecule has 2 N–H and O–H groups in total. The van der Waals surface area contributed by atoms with Gasteiger partial charge in [-0.1, -0.05) is 12.8 Å². The third-order valence-electron chi connectivity index (χ3n) is 4.35. The Balaban J connectivity index is 1.81. The van der Waals surface area contributed by atoms with Gasteiger partial charge >= 0.3 is 6.18 Å². The molecule has 2 atom stereocenters. The van der Waals surface area contributed by atoms with Crippen LogP contribution in [0.3, 0.4) is 0 Å². The quantitative estimate of drug-likeness (QED) is 0.896. The van der Waals surface area contributed by atoms with Crippen LogP contribution in [0.5, 0.6) is 0 Å². The summed E-state index contributed by atoms with van der Waals surface area (Å²) in [4.78, 5) is 4.11. The topological polar surface area (TPSA) is 38.9 Å². The number of rotatable bonds is 2. The Labute approximate surface area is 114 Å². The average Bonchev–Trinajstić information content (AvgIpc) is 3.03. The van der Waals surface area contributed by atoms with Gasteiger partial charge in [0, 0.05) is 11.1 Å². The standard InChI is InChI=1S/C13H17F3N2S/c14-13(15,16)11-18-7-10(19-11)12(17)5-1-2-9(6-12)8-3-4-8/h7-9H,1-6,17H2. The molecule has 0 bridgehead atoms. The molecule has 19 heavy (non-hydrogen) atoms. The van der Waals surface area contributed by atoms with Crippen molar-refractivity contribution in [3.63, 3.8) is 0 Å². The van der Waals surface area contributed by atoms with E-state index in [1.54, 1.807) is 0 Å². The summed E-state index contributed by atoms with van der Waals surface area (Å²) in [6.45, 7) is 0. The molecule has 0 aliphatic heterocycles. The molecule has 2 aliphatic rings. The van der Waals surface area contributed by atoms with Crippen LogP contribution in [0.4, 0.5) is 13.2 Å². The molecular formula is C13H17F3N2S. The fraction of sp³-hybridized carbons (Fsp3) is 0.769. The molecule has 106 valence electrons. The van der Waals surface area contributed by atoms with Gasteiger partial charge in [0.15, 0.2) is 5.01 Å². The largest absolute Gasteiger partial charge is 0.443 e. The van der Waals surface area contributed by atoms with Gasteiger partial charge in [0.25, 0.3) is 0 Å². The maximum absolute atomic E-state index is 12.6. The fourth-order valence-electron chi connectivity index (χ4n) is 3.18. The van der Waals surface area contributed by atoms with Crippen LogP contribution in [-0.2, 0) is 11.7 Å². The second-order valence-corrected chi connectivity index (χ2v) is 6.91. The van der Waals surface area contributed by atoms with Crippen molar-refractivity contribution in [2.45, 2.75) is 50.2 Å². The number of hydrogen-bond donors (Lipinski definition) is 1. The van der Waals surface area contributed by atoms with Crippen molar-refractivity contribution in [1.82, 2.24) is 4.98 Å². The zero-order chi connectivity index (χ0) is 13.7. The van der Waals surface area contributed by atoms with Crippen LogP contribution in [-0.4, -0.2) is 4.98 Å². The van der Waals surface area contributed by atoms with Gasteiger partial charge < -0.3 is 5.73 Å². The first kappa shape index (κ1) is 13.4. The summed E-state index contributed by atoms with van der Waals surface area (Å²) in [5.41, 5.74) is 5.81. The SMILES string of the molecule is NC1(c2cnc(C(F)(F)F)s2)CCCC(C2CC2)C1. The number of nitrogens with two attached hydrogens (primary N) is 1. The lowest BCUT2D eigenvalue weighted by atomic mass is 9.74. The van der Waals surface area contributed by atoms with E-state index in [-0.39, 0.29) is 0 Å². The molecule has 1 aromatic rings. The van der Waals surface area contributed by atoms with Crippen molar-refractivity contribution in [2.75, 3.05) is 0 Å². The highest BCUT2D eigenvalue weighted by Crippen LogP contribution is 2.49. The van der Waals surface area contributed by atoms with Crippen molar-refractivity contribution in [3.8, 4) is 0 Å². The van der Waals surface area contributed by atoms with Crippen LogP contribution in [0.15, 0.2) is 6.20 Å². The number of nitrogens with zero attached hydrogens (tertiary/aromatic N) is 1. The molecule has 2 nitrogen and oxygen atoms in total. The van der Waals surface area contributed by atoms with Crippen molar-refractivity contribution < 1.29 is 13.2 Å². The van der Waals surface area contributed by atoms with E-state index in [0.29, 0.717) is 10.8 Å². The van der Waals surface area contributed by atoms with Gasteiger partial charge in [0.2, 0.25) is 0 Å². The normalized spacial score (nSPS) is 32.5. The van der Waals surface area contributed by atoms with Crippen molar-refractivity contribution in [2.24, 2.45) is 17.6 Å². The molecule has 0 amide bonds. The summed E-state index contributed by atoms with van der Waals surface area (Å²) in [5, 5.41) is -0.777. The number of halogens is 3. The molecule has 2 saturated carbocycles. The third-order valence-corrected chi connectivity index (χ3v) is 5.61. The second-order valence-electron chi connectivity index (χ2n) is 5.88. The van der Waals surface area contributed by atoms with Crippen molar-refractivity contribution >= 4 is 11.3 Å². The molecule has 0 saturated heterocycles. The lowest BCUT2D eigenvalue weighted by Crippen LogP contribution is -2.41. The summed E-state index contributed by atoms with van der Waals surface area (Å²) in [5.74, 6) is 1.36. The van der Waals surface area contributed by atoms with Gasteiger partial charge in [0.05, 0.1) is 5.54 Å². The predicted molar refractivity (Wildman–Crippen MR) is 67.7 cm³/mol. The highest BCUT2D eigenvalue weighted by Gasteiger charge is 2.43. The summed E-state index contributed by atoms with van der Waals surface area (Å²) in [6.07, 6.45) is 3.28. The van der Waals surface area contributed by atoms with E-state index in [1.165, 1.54) is 25.5 Å². The first-order valence-electron chi connectivity index (χ1n) is 6.71. The zero-order valence-electron chi connectivity index (χ0n) is 10.5. The highest BCUT2D eigenvalue weighted by molar-refractivity contribution is 7.11. The summed E-state index contributed by atoms with van der Waals surface area (Å²) < 4.78 is 37.8. The molecule has 2 unspecified atom stereocenters. The van der Waals surface area contributed by atoms with Gasteiger partial charge in [0.1, 0.15) is 0 Å². The molecule has 6 heteroatoms. The van der Waals surface area contributed by atoms with E-state index >= 15 is 0 Å². The predicted octanol–water partition coefficient (Wildman–Crippen LogP) is 3.92. The van der Waals surface area contributed by atoms with E-state index in [4.69, 9.17) is 5.73 Å². The number of thiazole rings is 1. The molecule has 0 spiro atoms. The minimum Gasteiger partial charge on any atom is -0.321 e. The van der Waals surface area contributed by atoms with Crippen LogP contribution in [0.1, 0.15) is 48.4 Å². The first-order chi connectivity index (χ1) is 8.88. The Morgan fingerprint density at radius 3 is 2.58 bits per heavy atom. The monoisotopic (exact) mass is 290 g/mol. The van der Waals surface area contributed by atoms with E-state index < -0.39 is 16.7 Å².